The van der Waals surface area contributed by atoms with E-state index in [1.807, 2.05) is 27.2 Å². The fourth-order valence-electron chi connectivity index (χ4n) is 6.70. The van der Waals surface area contributed by atoms with E-state index in [-0.39, 0.29) is 19.1 Å². The Kier molecular flexibility index (Phi) is 37.8. The number of allylic oxidation sites excluding steroid dienone is 3. The first-order chi connectivity index (χ1) is 26.5. The molecular formula is C46H92N2O6P+. The summed E-state index contributed by atoms with van der Waals surface area (Å²) in [7, 11) is 1.56. The lowest BCUT2D eigenvalue weighted by Crippen LogP contribution is -2.45. The molecule has 326 valence electrons. The molecule has 1 amide bonds. The number of quaternary nitrogens is 1. The van der Waals surface area contributed by atoms with Crippen molar-refractivity contribution in [3.63, 3.8) is 0 Å². The van der Waals surface area contributed by atoms with E-state index in [0.717, 1.165) is 38.5 Å². The zero-order valence-corrected chi connectivity index (χ0v) is 37.8. The number of unbranched alkanes of at least 4 members (excludes halogenated alkanes) is 27. The number of amides is 1. The Hall–Kier alpha value is -1.02. The average Bonchev–Trinajstić information content (AvgIpc) is 3.13. The van der Waals surface area contributed by atoms with Crippen LogP contribution in [0, 0.1) is 0 Å². The molecule has 0 saturated heterocycles. The van der Waals surface area contributed by atoms with Crippen LogP contribution in [0.3, 0.4) is 0 Å². The molecule has 55 heavy (non-hydrogen) atoms. The van der Waals surface area contributed by atoms with Gasteiger partial charge in [-0.05, 0) is 32.1 Å². The molecule has 0 spiro atoms. The van der Waals surface area contributed by atoms with E-state index in [1.165, 1.54) is 154 Å². The summed E-state index contributed by atoms with van der Waals surface area (Å²) in [5, 5.41) is 13.8. The van der Waals surface area contributed by atoms with Crippen LogP contribution in [0.5, 0.6) is 0 Å². The summed E-state index contributed by atoms with van der Waals surface area (Å²) in [6, 6.07) is -0.857. The molecule has 0 saturated carbocycles. The number of carbonyl (C=O) groups excluding carboxylic acids is 1. The highest BCUT2D eigenvalue weighted by Crippen LogP contribution is 2.43. The van der Waals surface area contributed by atoms with Gasteiger partial charge in [0.15, 0.2) is 0 Å². The highest BCUT2D eigenvalue weighted by atomic mass is 31.2. The summed E-state index contributed by atoms with van der Waals surface area (Å²) in [6.45, 7) is 4.78. The van der Waals surface area contributed by atoms with Crippen molar-refractivity contribution in [1.82, 2.24) is 5.32 Å². The van der Waals surface area contributed by atoms with Crippen LogP contribution in [0.15, 0.2) is 24.3 Å². The van der Waals surface area contributed by atoms with Gasteiger partial charge >= 0.3 is 7.82 Å². The van der Waals surface area contributed by atoms with E-state index in [9.17, 15) is 19.4 Å². The number of carbonyl (C=O) groups is 1. The van der Waals surface area contributed by atoms with Gasteiger partial charge in [-0.3, -0.25) is 13.8 Å². The first kappa shape index (κ1) is 54.0. The summed E-state index contributed by atoms with van der Waals surface area (Å²) >= 11 is 0. The SMILES string of the molecule is CCCCCCC/C=C/CC/C=C/C(O)C(COP(=O)(O)OCC[N+](C)(C)C)NC(=O)CCCCCCCCCCCCCCCCCCCCCCCC. The maximum absolute atomic E-state index is 12.9. The molecule has 3 unspecified atom stereocenters. The molecule has 9 heteroatoms. The lowest BCUT2D eigenvalue weighted by molar-refractivity contribution is -0.870. The van der Waals surface area contributed by atoms with E-state index < -0.39 is 20.0 Å². The van der Waals surface area contributed by atoms with Gasteiger partial charge in [0.1, 0.15) is 13.2 Å². The molecule has 0 bridgehead atoms. The van der Waals surface area contributed by atoms with E-state index in [1.54, 1.807) is 6.08 Å². The third-order valence-electron chi connectivity index (χ3n) is 10.4. The van der Waals surface area contributed by atoms with Crippen molar-refractivity contribution in [3.05, 3.63) is 24.3 Å². The van der Waals surface area contributed by atoms with Crippen molar-refractivity contribution in [1.29, 1.82) is 0 Å². The Balaban J connectivity index is 4.25. The third kappa shape index (κ3) is 41.0. The van der Waals surface area contributed by atoms with Crippen molar-refractivity contribution in [2.24, 2.45) is 0 Å². The van der Waals surface area contributed by atoms with Crippen LogP contribution >= 0.6 is 7.82 Å². The second-order valence-electron chi connectivity index (χ2n) is 17.1. The Morgan fingerprint density at radius 2 is 1.00 bits per heavy atom. The van der Waals surface area contributed by atoms with Crippen LogP contribution in [-0.2, 0) is 18.4 Å². The monoisotopic (exact) mass is 800 g/mol. The molecule has 3 atom stereocenters. The van der Waals surface area contributed by atoms with E-state index in [2.05, 4.69) is 31.3 Å². The number of aliphatic hydroxyl groups excluding tert-OH is 1. The molecule has 0 aliphatic heterocycles. The summed E-state index contributed by atoms with van der Waals surface area (Å²) < 4.78 is 23.5. The van der Waals surface area contributed by atoms with Gasteiger partial charge in [0.05, 0.1) is 39.9 Å². The van der Waals surface area contributed by atoms with Crippen molar-refractivity contribution in [2.45, 2.75) is 225 Å². The maximum atomic E-state index is 12.9. The topological polar surface area (TPSA) is 105 Å². The first-order valence-electron chi connectivity index (χ1n) is 23.2. The van der Waals surface area contributed by atoms with Crippen LogP contribution in [0.1, 0.15) is 213 Å². The van der Waals surface area contributed by atoms with Gasteiger partial charge in [-0.15, -0.1) is 0 Å². The second-order valence-corrected chi connectivity index (χ2v) is 18.6. The second kappa shape index (κ2) is 38.5. The minimum absolute atomic E-state index is 0.0581. The van der Waals surface area contributed by atoms with Crippen LogP contribution in [0.2, 0.25) is 0 Å². The lowest BCUT2D eigenvalue weighted by Gasteiger charge is -2.25. The molecule has 0 heterocycles. The van der Waals surface area contributed by atoms with Gasteiger partial charge in [0.2, 0.25) is 5.91 Å². The Labute approximate surface area is 341 Å². The quantitative estimate of drug-likeness (QED) is 0.0246. The molecule has 0 aliphatic carbocycles. The molecular weight excluding hydrogens is 707 g/mol. The van der Waals surface area contributed by atoms with Gasteiger partial charge in [0.25, 0.3) is 0 Å². The van der Waals surface area contributed by atoms with E-state index >= 15 is 0 Å². The lowest BCUT2D eigenvalue weighted by atomic mass is 10.0. The highest BCUT2D eigenvalue weighted by Gasteiger charge is 2.27. The van der Waals surface area contributed by atoms with Crippen molar-refractivity contribution >= 4 is 13.7 Å². The number of hydrogen-bond acceptors (Lipinski definition) is 5. The molecule has 0 fully saturated rings. The molecule has 0 aliphatic rings. The van der Waals surface area contributed by atoms with E-state index in [0.29, 0.717) is 17.4 Å². The number of nitrogens with zero attached hydrogens (tertiary/aromatic N) is 1. The molecule has 0 aromatic carbocycles. The molecule has 0 rings (SSSR count). The number of aliphatic hydroxyl groups is 1. The summed E-state index contributed by atoms with van der Waals surface area (Å²) in [6.07, 6.45) is 45.5. The molecule has 8 nitrogen and oxygen atoms in total. The van der Waals surface area contributed by atoms with Crippen LogP contribution in [-0.4, -0.2) is 73.4 Å². The van der Waals surface area contributed by atoms with Crippen LogP contribution in [0.4, 0.5) is 0 Å². The Bertz CT molecular complexity index is 953. The average molecular weight is 800 g/mol. The summed E-state index contributed by atoms with van der Waals surface area (Å²) in [5.74, 6) is -0.185. The number of rotatable bonds is 42. The van der Waals surface area contributed by atoms with Crippen molar-refractivity contribution < 1.29 is 32.9 Å². The third-order valence-corrected chi connectivity index (χ3v) is 11.4. The van der Waals surface area contributed by atoms with Gasteiger partial charge in [0, 0.05) is 6.42 Å². The number of nitrogens with one attached hydrogen (secondary N) is 1. The molecule has 0 aromatic heterocycles. The van der Waals surface area contributed by atoms with Gasteiger partial charge in [-0.1, -0.05) is 199 Å². The minimum atomic E-state index is -4.34. The predicted molar refractivity (Wildman–Crippen MR) is 235 cm³/mol. The van der Waals surface area contributed by atoms with Crippen LogP contribution < -0.4 is 5.32 Å². The van der Waals surface area contributed by atoms with Crippen molar-refractivity contribution in [3.8, 4) is 0 Å². The molecule has 3 N–H and O–H groups in total. The number of likely N-dealkylation sites (N-methyl/N-ethyl adjacent to an activating group) is 1. The highest BCUT2D eigenvalue weighted by molar-refractivity contribution is 7.47. The predicted octanol–water partition coefficient (Wildman–Crippen LogP) is 12.9. The minimum Gasteiger partial charge on any atom is -0.387 e. The standard InChI is InChI=1S/C46H91N2O6P/c1-6-8-10-12-14-16-18-19-20-21-22-23-24-25-26-27-28-30-32-34-36-38-40-46(50)47-44(43-54-55(51,52)53-42-41-48(3,4)5)45(49)39-37-35-33-31-29-17-15-13-11-9-7-2/h29,31,37,39,44-45,49H,6-28,30,32-36,38,40-43H2,1-5H3,(H-,47,50,51,52)/p+1/b31-29+,39-37+. The fourth-order valence-corrected chi connectivity index (χ4v) is 7.44. The van der Waals surface area contributed by atoms with E-state index in [4.69, 9.17) is 9.05 Å². The normalized spacial score (nSPS) is 14.5. The Morgan fingerprint density at radius 3 is 1.45 bits per heavy atom. The number of phosphoric acid groups is 1. The smallest absolute Gasteiger partial charge is 0.387 e. The zero-order chi connectivity index (χ0) is 40.7. The summed E-state index contributed by atoms with van der Waals surface area (Å²) in [5.41, 5.74) is 0. The van der Waals surface area contributed by atoms with Crippen molar-refractivity contribution in [2.75, 3.05) is 40.9 Å². The molecule has 0 aromatic rings. The number of phosphoric ester groups is 1. The largest absolute Gasteiger partial charge is 0.472 e. The van der Waals surface area contributed by atoms with Gasteiger partial charge in [-0.2, -0.15) is 0 Å². The van der Waals surface area contributed by atoms with Gasteiger partial charge in [-0.25, -0.2) is 4.57 Å². The fraction of sp³-hybridized carbons (Fsp3) is 0.891. The summed E-state index contributed by atoms with van der Waals surface area (Å²) in [4.78, 5) is 23.1. The Morgan fingerprint density at radius 1 is 0.600 bits per heavy atom. The van der Waals surface area contributed by atoms with Crippen LogP contribution in [0.25, 0.3) is 0 Å². The first-order valence-corrected chi connectivity index (χ1v) is 24.7. The van der Waals surface area contributed by atoms with Gasteiger partial charge < -0.3 is 19.8 Å². The maximum Gasteiger partial charge on any atom is 0.472 e. The number of hydrogen-bond donors (Lipinski definition) is 3. The zero-order valence-electron chi connectivity index (χ0n) is 36.9. The molecule has 0 radical (unpaired) electrons.